The van der Waals surface area contributed by atoms with E-state index in [0.29, 0.717) is 12.3 Å². The van der Waals surface area contributed by atoms with Crippen molar-refractivity contribution in [2.45, 2.75) is 32.8 Å². The van der Waals surface area contributed by atoms with Gasteiger partial charge in [0, 0.05) is 6.42 Å². The molecule has 0 bridgehead atoms. The molecule has 0 spiro atoms. The van der Waals surface area contributed by atoms with Crippen LogP contribution in [-0.2, 0) is 6.42 Å². The minimum atomic E-state index is -0.263. The van der Waals surface area contributed by atoms with Gasteiger partial charge in [0.1, 0.15) is 0 Å². The zero-order chi connectivity index (χ0) is 11.5. The third kappa shape index (κ3) is 2.80. The molecule has 1 atom stereocenters. The fraction of sp³-hybridized carbons (Fsp3) is 0.462. The molecule has 0 fully saturated rings. The summed E-state index contributed by atoms with van der Waals surface area (Å²) in [5.41, 5.74) is 1.04. The van der Waals surface area contributed by atoms with Gasteiger partial charge in [-0.15, -0.1) is 11.3 Å². The van der Waals surface area contributed by atoms with Crippen molar-refractivity contribution in [2.75, 3.05) is 0 Å². The van der Waals surface area contributed by atoms with Crippen LogP contribution in [0.5, 0.6) is 0 Å². The van der Waals surface area contributed by atoms with Crippen LogP contribution in [0.3, 0.4) is 0 Å². The molecule has 0 aliphatic carbocycles. The molecular weight excluding hydrogens is 218 g/mol. The van der Waals surface area contributed by atoms with Gasteiger partial charge in [-0.3, -0.25) is 0 Å². The van der Waals surface area contributed by atoms with E-state index in [0.717, 1.165) is 16.9 Å². The number of aliphatic hydroxyl groups is 1. The van der Waals surface area contributed by atoms with Gasteiger partial charge in [0.25, 0.3) is 0 Å². The van der Waals surface area contributed by atoms with E-state index in [1.807, 2.05) is 18.2 Å². The van der Waals surface area contributed by atoms with Gasteiger partial charge in [-0.25, -0.2) is 4.98 Å². The van der Waals surface area contributed by atoms with E-state index in [2.05, 4.69) is 24.9 Å². The van der Waals surface area contributed by atoms with Crippen LogP contribution in [0.15, 0.2) is 24.3 Å². The molecule has 1 heterocycles. The first-order valence-corrected chi connectivity index (χ1v) is 6.49. The minimum absolute atomic E-state index is 0.263. The summed E-state index contributed by atoms with van der Waals surface area (Å²) in [6.07, 6.45) is 1.26. The van der Waals surface area contributed by atoms with Gasteiger partial charge in [-0.1, -0.05) is 26.0 Å². The Balaban J connectivity index is 2.09. The van der Waals surface area contributed by atoms with Crippen molar-refractivity contribution in [2.24, 2.45) is 5.92 Å². The van der Waals surface area contributed by atoms with Crippen molar-refractivity contribution >= 4 is 21.6 Å². The molecule has 0 amide bonds. The van der Waals surface area contributed by atoms with E-state index in [4.69, 9.17) is 0 Å². The van der Waals surface area contributed by atoms with Gasteiger partial charge in [-0.05, 0) is 24.5 Å². The second-order valence-corrected chi connectivity index (χ2v) is 5.68. The predicted octanol–water partition coefficient (Wildman–Crippen LogP) is 3.25. The predicted molar refractivity (Wildman–Crippen MR) is 68.8 cm³/mol. The maximum atomic E-state index is 9.86. The zero-order valence-electron chi connectivity index (χ0n) is 9.68. The van der Waals surface area contributed by atoms with Crippen molar-refractivity contribution in [1.82, 2.24) is 4.98 Å². The van der Waals surface area contributed by atoms with Crippen molar-refractivity contribution in [1.29, 1.82) is 0 Å². The van der Waals surface area contributed by atoms with E-state index in [1.54, 1.807) is 11.3 Å². The lowest BCUT2D eigenvalue weighted by Crippen LogP contribution is -2.13. The van der Waals surface area contributed by atoms with Crippen LogP contribution < -0.4 is 0 Å². The molecule has 1 aromatic heterocycles. The summed E-state index contributed by atoms with van der Waals surface area (Å²) in [6, 6.07) is 8.11. The molecule has 3 heteroatoms. The molecule has 0 aliphatic heterocycles. The van der Waals surface area contributed by atoms with E-state index in [1.165, 1.54) is 4.70 Å². The normalized spacial score (nSPS) is 13.5. The molecule has 1 unspecified atom stereocenters. The summed E-state index contributed by atoms with van der Waals surface area (Å²) < 4.78 is 1.20. The van der Waals surface area contributed by atoms with Crippen LogP contribution in [0.25, 0.3) is 10.2 Å². The summed E-state index contributed by atoms with van der Waals surface area (Å²) in [5.74, 6) is 0.532. The van der Waals surface area contributed by atoms with Gasteiger partial charge in [-0.2, -0.15) is 0 Å². The number of rotatable bonds is 4. The molecule has 0 saturated heterocycles. The SMILES string of the molecule is CC(C)CC(O)Cc1nc2ccccc2s1. The quantitative estimate of drug-likeness (QED) is 0.882. The topological polar surface area (TPSA) is 33.1 Å². The van der Waals surface area contributed by atoms with Crippen LogP contribution in [0.4, 0.5) is 0 Å². The third-order valence-electron chi connectivity index (χ3n) is 2.49. The lowest BCUT2D eigenvalue weighted by atomic mass is 10.0. The molecule has 1 N–H and O–H groups in total. The lowest BCUT2D eigenvalue weighted by Gasteiger charge is -2.10. The Morgan fingerprint density at radius 2 is 2.06 bits per heavy atom. The molecule has 2 nitrogen and oxygen atoms in total. The number of hydrogen-bond acceptors (Lipinski definition) is 3. The van der Waals surface area contributed by atoms with E-state index >= 15 is 0 Å². The highest BCUT2D eigenvalue weighted by molar-refractivity contribution is 7.18. The summed E-state index contributed by atoms with van der Waals surface area (Å²) >= 11 is 1.68. The Morgan fingerprint density at radius 3 is 2.75 bits per heavy atom. The fourth-order valence-corrected chi connectivity index (χ4v) is 2.87. The molecule has 2 aromatic rings. The van der Waals surface area contributed by atoms with Gasteiger partial charge in [0.2, 0.25) is 0 Å². The number of aromatic nitrogens is 1. The molecule has 0 aliphatic rings. The first-order valence-electron chi connectivity index (χ1n) is 5.67. The Hall–Kier alpha value is -0.930. The number of nitrogens with zero attached hydrogens (tertiary/aromatic N) is 1. The average molecular weight is 235 g/mol. The van der Waals surface area contributed by atoms with Crippen molar-refractivity contribution in [3.63, 3.8) is 0 Å². The van der Waals surface area contributed by atoms with E-state index < -0.39 is 0 Å². The number of aliphatic hydroxyl groups excluding tert-OH is 1. The fourth-order valence-electron chi connectivity index (χ4n) is 1.84. The first kappa shape index (κ1) is 11.6. The van der Waals surface area contributed by atoms with Crippen LogP contribution in [0.1, 0.15) is 25.3 Å². The highest BCUT2D eigenvalue weighted by Gasteiger charge is 2.11. The van der Waals surface area contributed by atoms with Crippen LogP contribution in [-0.4, -0.2) is 16.2 Å². The maximum absolute atomic E-state index is 9.86. The lowest BCUT2D eigenvalue weighted by molar-refractivity contribution is 0.149. The summed E-state index contributed by atoms with van der Waals surface area (Å²) in [5, 5.41) is 10.9. The Bertz CT molecular complexity index is 431. The standard InChI is InChI=1S/C13H17NOS/c1-9(2)7-10(15)8-13-14-11-5-3-4-6-12(11)16-13/h3-6,9-10,15H,7-8H2,1-2H3. The summed E-state index contributed by atoms with van der Waals surface area (Å²) in [4.78, 5) is 4.52. The molecule has 0 radical (unpaired) electrons. The van der Waals surface area contributed by atoms with Crippen LogP contribution in [0.2, 0.25) is 0 Å². The highest BCUT2D eigenvalue weighted by atomic mass is 32.1. The van der Waals surface area contributed by atoms with E-state index in [-0.39, 0.29) is 6.10 Å². The Morgan fingerprint density at radius 1 is 1.31 bits per heavy atom. The third-order valence-corrected chi connectivity index (χ3v) is 3.55. The summed E-state index contributed by atoms with van der Waals surface area (Å²) in [6.45, 7) is 4.25. The smallest absolute Gasteiger partial charge is 0.0964 e. The van der Waals surface area contributed by atoms with Crippen molar-refractivity contribution in [3.8, 4) is 0 Å². The largest absolute Gasteiger partial charge is 0.393 e. The average Bonchev–Trinajstić information content (AvgIpc) is 2.57. The van der Waals surface area contributed by atoms with Crippen LogP contribution >= 0.6 is 11.3 Å². The molecule has 0 saturated carbocycles. The number of benzene rings is 1. The molecule has 2 rings (SSSR count). The van der Waals surface area contributed by atoms with Gasteiger partial charge < -0.3 is 5.11 Å². The van der Waals surface area contributed by atoms with Gasteiger partial charge in [0.05, 0.1) is 21.3 Å². The zero-order valence-corrected chi connectivity index (χ0v) is 10.5. The first-order chi connectivity index (χ1) is 7.65. The molecule has 1 aromatic carbocycles. The van der Waals surface area contributed by atoms with Gasteiger partial charge in [0.15, 0.2) is 0 Å². The number of para-hydroxylation sites is 1. The van der Waals surface area contributed by atoms with Gasteiger partial charge >= 0.3 is 0 Å². The molecular formula is C13H17NOS. The van der Waals surface area contributed by atoms with Crippen molar-refractivity contribution in [3.05, 3.63) is 29.3 Å². The second kappa shape index (κ2) is 4.93. The van der Waals surface area contributed by atoms with Crippen molar-refractivity contribution < 1.29 is 5.11 Å². The second-order valence-electron chi connectivity index (χ2n) is 4.56. The highest BCUT2D eigenvalue weighted by Crippen LogP contribution is 2.23. The molecule has 86 valence electrons. The Kier molecular flexibility index (Phi) is 3.56. The summed E-state index contributed by atoms with van der Waals surface area (Å²) in [7, 11) is 0. The molecule has 16 heavy (non-hydrogen) atoms. The maximum Gasteiger partial charge on any atom is 0.0964 e. The number of hydrogen-bond donors (Lipinski definition) is 1. The number of thiazole rings is 1. The van der Waals surface area contributed by atoms with Crippen LogP contribution in [0, 0.1) is 5.92 Å². The monoisotopic (exact) mass is 235 g/mol. The Labute approximate surface area is 100.0 Å². The van der Waals surface area contributed by atoms with E-state index in [9.17, 15) is 5.11 Å². The number of fused-ring (bicyclic) bond motifs is 1. The minimum Gasteiger partial charge on any atom is -0.393 e.